The van der Waals surface area contributed by atoms with Crippen LogP contribution in [-0.4, -0.2) is 38.8 Å². The first-order chi connectivity index (χ1) is 12.2. The van der Waals surface area contributed by atoms with Crippen molar-refractivity contribution in [1.29, 1.82) is 0 Å². The number of aromatic nitrogens is 4. The van der Waals surface area contributed by atoms with Gasteiger partial charge in [0.15, 0.2) is 5.65 Å². The third kappa shape index (κ3) is 3.15. The van der Waals surface area contributed by atoms with E-state index in [2.05, 4.69) is 25.5 Å². The largest absolute Gasteiger partial charge is 0.354 e. The van der Waals surface area contributed by atoms with Crippen LogP contribution in [0.4, 0.5) is 15.9 Å². The van der Waals surface area contributed by atoms with Gasteiger partial charge in [0, 0.05) is 13.1 Å². The Balaban J connectivity index is 1.48. The number of nitrogens with one attached hydrogen (secondary N) is 1. The molecule has 1 aromatic carbocycles. The summed E-state index contributed by atoms with van der Waals surface area (Å²) in [6.07, 6.45) is 3.19. The molecule has 1 atom stereocenters. The standard InChI is InChI=1S/C17H17FN6O/c18-13-5-1-2-6-14(13)20-17(25)12-4-3-9-23(10-12)16-8-7-15-21-19-11-24(15)22-16/h1-2,5-8,11-12H,3-4,9-10H2,(H,20,25). The van der Waals surface area contributed by atoms with Gasteiger partial charge < -0.3 is 10.2 Å². The molecule has 0 saturated carbocycles. The molecular formula is C17H17FN6O. The topological polar surface area (TPSA) is 75.4 Å². The van der Waals surface area contributed by atoms with E-state index in [1.54, 1.807) is 29.0 Å². The fraction of sp³-hybridized carbons (Fsp3) is 0.294. The number of benzene rings is 1. The summed E-state index contributed by atoms with van der Waals surface area (Å²) in [4.78, 5) is 14.6. The van der Waals surface area contributed by atoms with Crippen LogP contribution in [0.3, 0.4) is 0 Å². The fourth-order valence-corrected chi connectivity index (χ4v) is 3.08. The fourth-order valence-electron chi connectivity index (χ4n) is 3.08. The summed E-state index contributed by atoms with van der Waals surface area (Å²) in [5.41, 5.74) is 0.892. The van der Waals surface area contributed by atoms with Gasteiger partial charge in [-0.3, -0.25) is 4.79 Å². The Bertz CT molecular complexity index is 911. The maximum absolute atomic E-state index is 13.7. The van der Waals surface area contributed by atoms with E-state index < -0.39 is 5.82 Å². The van der Waals surface area contributed by atoms with Gasteiger partial charge in [-0.2, -0.15) is 4.52 Å². The molecule has 4 rings (SSSR count). The number of carbonyl (C=O) groups is 1. The Morgan fingerprint density at radius 3 is 3.00 bits per heavy atom. The second-order valence-electron chi connectivity index (χ2n) is 6.08. The number of rotatable bonds is 3. The maximum Gasteiger partial charge on any atom is 0.229 e. The van der Waals surface area contributed by atoms with Crippen molar-refractivity contribution in [3.8, 4) is 0 Å². The smallest absolute Gasteiger partial charge is 0.229 e. The van der Waals surface area contributed by atoms with E-state index >= 15 is 0 Å². The number of nitrogens with zero attached hydrogens (tertiary/aromatic N) is 5. The molecule has 7 nitrogen and oxygen atoms in total. The van der Waals surface area contributed by atoms with Crippen LogP contribution in [0, 0.1) is 11.7 Å². The molecule has 1 saturated heterocycles. The number of amides is 1. The number of hydrogen-bond donors (Lipinski definition) is 1. The molecule has 1 amide bonds. The van der Waals surface area contributed by atoms with Crippen molar-refractivity contribution in [3.63, 3.8) is 0 Å². The van der Waals surface area contributed by atoms with Crippen molar-refractivity contribution >= 4 is 23.1 Å². The van der Waals surface area contributed by atoms with Crippen molar-refractivity contribution in [2.24, 2.45) is 5.92 Å². The zero-order chi connectivity index (χ0) is 17.2. The van der Waals surface area contributed by atoms with Gasteiger partial charge in [0.05, 0.1) is 11.6 Å². The lowest BCUT2D eigenvalue weighted by Gasteiger charge is -2.32. The highest BCUT2D eigenvalue weighted by atomic mass is 19.1. The van der Waals surface area contributed by atoms with Crippen LogP contribution < -0.4 is 10.2 Å². The maximum atomic E-state index is 13.7. The van der Waals surface area contributed by atoms with Crippen LogP contribution in [0.25, 0.3) is 5.65 Å². The van der Waals surface area contributed by atoms with Gasteiger partial charge >= 0.3 is 0 Å². The van der Waals surface area contributed by atoms with Crippen LogP contribution in [0.5, 0.6) is 0 Å². The SMILES string of the molecule is O=C(Nc1ccccc1F)C1CCCN(c2ccc3nncn3n2)C1. The molecule has 0 bridgehead atoms. The van der Waals surface area contributed by atoms with Gasteiger partial charge in [0.1, 0.15) is 18.0 Å². The molecule has 1 fully saturated rings. The van der Waals surface area contributed by atoms with Gasteiger partial charge in [0.25, 0.3) is 0 Å². The number of piperidine rings is 1. The minimum absolute atomic E-state index is 0.167. The van der Waals surface area contributed by atoms with E-state index in [4.69, 9.17) is 0 Å². The van der Waals surface area contributed by atoms with Gasteiger partial charge in [-0.25, -0.2) is 4.39 Å². The highest BCUT2D eigenvalue weighted by Gasteiger charge is 2.27. The molecule has 1 unspecified atom stereocenters. The number of hydrogen-bond acceptors (Lipinski definition) is 5. The molecule has 3 heterocycles. The molecule has 128 valence electrons. The van der Waals surface area contributed by atoms with E-state index in [0.717, 1.165) is 25.2 Å². The quantitative estimate of drug-likeness (QED) is 0.790. The normalized spacial score (nSPS) is 17.6. The van der Waals surface area contributed by atoms with E-state index in [0.29, 0.717) is 12.2 Å². The minimum atomic E-state index is -0.428. The molecule has 2 aromatic heterocycles. The molecule has 1 aliphatic rings. The molecule has 0 radical (unpaired) electrons. The lowest BCUT2D eigenvalue weighted by atomic mass is 9.97. The molecule has 0 spiro atoms. The third-order valence-electron chi connectivity index (χ3n) is 4.40. The zero-order valence-corrected chi connectivity index (χ0v) is 13.5. The first-order valence-electron chi connectivity index (χ1n) is 8.18. The first kappa shape index (κ1) is 15.5. The average molecular weight is 340 g/mol. The lowest BCUT2D eigenvalue weighted by Crippen LogP contribution is -2.41. The predicted molar refractivity (Wildman–Crippen MR) is 90.7 cm³/mol. The van der Waals surface area contributed by atoms with Crippen LogP contribution in [-0.2, 0) is 4.79 Å². The number of halogens is 1. The Labute approximate surface area is 143 Å². The molecule has 1 N–H and O–H groups in total. The lowest BCUT2D eigenvalue weighted by molar-refractivity contribution is -0.120. The van der Waals surface area contributed by atoms with E-state index in [1.807, 2.05) is 12.1 Å². The monoisotopic (exact) mass is 340 g/mol. The Kier molecular flexibility index (Phi) is 4.01. The van der Waals surface area contributed by atoms with Crippen LogP contribution >= 0.6 is 0 Å². The van der Waals surface area contributed by atoms with Crippen LogP contribution in [0.15, 0.2) is 42.7 Å². The minimum Gasteiger partial charge on any atom is -0.354 e. The summed E-state index contributed by atoms with van der Waals surface area (Å²) in [7, 11) is 0. The summed E-state index contributed by atoms with van der Waals surface area (Å²) in [5.74, 6) is -0.0362. The van der Waals surface area contributed by atoms with Crippen molar-refractivity contribution in [2.75, 3.05) is 23.3 Å². The van der Waals surface area contributed by atoms with Gasteiger partial charge in [-0.15, -0.1) is 15.3 Å². The van der Waals surface area contributed by atoms with Gasteiger partial charge in [0.2, 0.25) is 5.91 Å². The summed E-state index contributed by atoms with van der Waals surface area (Å²) in [6, 6.07) is 9.92. The highest BCUT2D eigenvalue weighted by molar-refractivity contribution is 5.93. The van der Waals surface area contributed by atoms with E-state index in [9.17, 15) is 9.18 Å². The van der Waals surface area contributed by atoms with Gasteiger partial charge in [-0.05, 0) is 37.1 Å². The number of carbonyl (C=O) groups excluding carboxylic acids is 1. The average Bonchev–Trinajstić information content (AvgIpc) is 3.11. The summed E-state index contributed by atoms with van der Waals surface area (Å²) < 4.78 is 15.3. The van der Waals surface area contributed by atoms with Crippen molar-refractivity contribution in [2.45, 2.75) is 12.8 Å². The molecule has 8 heteroatoms. The summed E-state index contributed by atoms with van der Waals surface area (Å²) in [6.45, 7) is 1.37. The van der Waals surface area contributed by atoms with Crippen LogP contribution in [0.2, 0.25) is 0 Å². The molecule has 1 aliphatic heterocycles. The molecule has 25 heavy (non-hydrogen) atoms. The third-order valence-corrected chi connectivity index (χ3v) is 4.40. The molecule has 0 aliphatic carbocycles. The summed E-state index contributed by atoms with van der Waals surface area (Å²) in [5, 5.41) is 14.9. The molecule has 3 aromatic rings. The number of anilines is 2. The first-order valence-corrected chi connectivity index (χ1v) is 8.18. The number of para-hydroxylation sites is 1. The zero-order valence-electron chi connectivity index (χ0n) is 13.5. The van der Waals surface area contributed by atoms with E-state index in [-0.39, 0.29) is 17.5 Å². The predicted octanol–water partition coefficient (Wildman–Crippen LogP) is 2.12. The second-order valence-corrected chi connectivity index (χ2v) is 6.08. The number of fused-ring (bicyclic) bond motifs is 1. The summed E-state index contributed by atoms with van der Waals surface area (Å²) >= 11 is 0. The Morgan fingerprint density at radius 2 is 2.12 bits per heavy atom. The Morgan fingerprint density at radius 1 is 1.24 bits per heavy atom. The van der Waals surface area contributed by atoms with Crippen LogP contribution in [0.1, 0.15) is 12.8 Å². The van der Waals surface area contributed by atoms with E-state index in [1.165, 1.54) is 6.07 Å². The van der Waals surface area contributed by atoms with Gasteiger partial charge in [-0.1, -0.05) is 12.1 Å². The van der Waals surface area contributed by atoms with Crippen molar-refractivity contribution in [3.05, 3.63) is 48.5 Å². The second kappa shape index (κ2) is 6.46. The van der Waals surface area contributed by atoms with Crippen molar-refractivity contribution in [1.82, 2.24) is 19.8 Å². The van der Waals surface area contributed by atoms with Crippen molar-refractivity contribution < 1.29 is 9.18 Å². The Hall–Kier alpha value is -3.03. The highest BCUT2D eigenvalue weighted by Crippen LogP contribution is 2.23. The molecular weight excluding hydrogens is 323 g/mol.